The van der Waals surface area contributed by atoms with Gasteiger partial charge in [0.25, 0.3) is 0 Å². The van der Waals surface area contributed by atoms with Crippen LogP contribution in [0.2, 0.25) is 0 Å². The number of phenolic OH excluding ortho intramolecular Hbond substituents is 1. The third kappa shape index (κ3) is 6.24. The molecule has 6 atom stereocenters. The van der Waals surface area contributed by atoms with E-state index in [1.54, 1.807) is 66.7 Å². The number of nitrogens with zero attached hydrogens (tertiary/aromatic N) is 1. The lowest BCUT2D eigenvalue weighted by Crippen LogP contribution is -2.58. The van der Waals surface area contributed by atoms with Crippen molar-refractivity contribution < 1.29 is 33.8 Å². The van der Waals surface area contributed by atoms with Crippen molar-refractivity contribution in [3.63, 3.8) is 0 Å². The Kier molecular flexibility index (Phi) is 9.71. The van der Waals surface area contributed by atoms with Gasteiger partial charge in [-0.2, -0.15) is 0 Å². The molecule has 1 saturated carbocycles. The lowest BCUT2D eigenvalue weighted by Gasteiger charge is -2.55. The number of ketones is 3. The average Bonchev–Trinajstić information content (AvgIpc) is 3.58. The molecule has 62 heavy (non-hydrogen) atoms. The Hall–Kier alpha value is -7.45. The van der Waals surface area contributed by atoms with Gasteiger partial charge in [0.1, 0.15) is 18.1 Å². The van der Waals surface area contributed by atoms with Crippen LogP contribution in [0.25, 0.3) is 5.57 Å². The second kappa shape index (κ2) is 15.5. The van der Waals surface area contributed by atoms with E-state index in [4.69, 9.17) is 4.74 Å². The van der Waals surface area contributed by atoms with Gasteiger partial charge in [-0.25, -0.2) is 0 Å². The van der Waals surface area contributed by atoms with Crippen molar-refractivity contribution in [3.8, 4) is 11.5 Å². The molecule has 6 aromatic carbocycles. The van der Waals surface area contributed by atoms with E-state index in [0.717, 1.165) is 11.1 Å². The van der Waals surface area contributed by atoms with Gasteiger partial charge in [-0.05, 0) is 71.9 Å². The molecule has 304 valence electrons. The number of imide groups is 1. The van der Waals surface area contributed by atoms with Gasteiger partial charge < -0.3 is 9.84 Å². The number of Topliss-reactive ketones (excluding diaryl/α,β-unsaturated/α-hetero) is 1. The lowest BCUT2D eigenvalue weighted by atomic mass is 9.44. The van der Waals surface area contributed by atoms with Gasteiger partial charge in [0.15, 0.2) is 17.3 Å². The minimum absolute atomic E-state index is 0.114. The van der Waals surface area contributed by atoms with Crippen LogP contribution in [0.3, 0.4) is 0 Å². The van der Waals surface area contributed by atoms with E-state index in [1.165, 1.54) is 11.0 Å². The molecule has 8 nitrogen and oxygen atoms in total. The Morgan fingerprint density at radius 1 is 0.694 bits per heavy atom. The molecule has 0 bridgehead atoms. The van der Waals surface area contributed by atoms with Crippen LogP contribution in [0.4, 0.5) is 5.69 Å². The number of ether oxygens (including phenoxy) is 1. The van der Waals surface area contributed by atoms with Crippen molar-refractivity contribution >= 4 is 40.4 Å². The summed E-state index contributed by atoms with van der Waals surface area (Å²) in [6.45, 7) is 0.272. The largest absolute Gasteiger partial charge is 0.508 e. The number of amides is 2. The summed E-state index contributed by atoms with van der Waals surface area (Å²) in [6, 6.07) is 48.5. The highest BCUT2D eigenvalue weighted by molar-refractivity contribution is 6.32. The summed E-state index contributed by atoms with van der Waals surface area (Å²) < 4.78 is 6.11. The quantitative estimate of drug-likeness (QED) is 0.0879. The van der Waals surface area contributed by atoms with Gasteiger partial charge in [-0.15, -0.1) is 0 Å². The number of anilines is 1. The Morgan fingerprint density at radius 2 is 1.32 bits per heavy atom. The first-order valence-electron chi connectivity index (χ1n) is 20.9. The lowest BCUT2D eigenvalue weighted by molar-refractivity contribution is -0.135. The zero-order valence-corrected chi connectivity index (χ0v) is 33.6. The SMILES string of the molecule is O=C(c1ccccc1)c1ccc(N2C(=O)C3CC=C4C(CC5C(=O)C(c6ccccc6)=CC(=O)C5(c5ccccc5)C4c4ccc(OCc5ccccc5)cc4O)C3C2=O)cc1. The van der Waals surface area contributed by atoms with Crippen molar-refractivity contribution in [1.29, 1.82) is 0 Å². The van der Waals surface area contributed by atoms with E-state index < -0.39 is 40.9 Å². The van der Waals surface area contributed by atoms with Crippen LogP contribution in [-0.4, -0.2) is 34.3 Å². The minimum Gasteiger partial charge on any atom is -0.508 e. The summed E-state index contributed by atoms with van der Waals surface area (Å²) in [5.74, 6) is -5.16. The fraction of sp³-hybridized carbons (Fsp3) is 0.167. The number of benzene rings is 6. The van der Waals surface area contributed by atoms with E-state index >= 15 is 9.59 Å². The number of aromatic hydroxyl groups is 1. The highest BCUT2D eigenvalue weighted by Crippen LogP contribution is 2.64. The van der Waals surface area contributed by atoms with Crippen LogP contribution in [0.15, 0.2) is 182 Å². The van der Waals surface area contributed by atoms with E-state index in [2.05, 4.69) is 0 Å². The third-order valence-corrected chi connectivity index (χ3v) is 13.4. The van der Waals surface area contributed by atoms with Crippen LogP contribution >= 0.6 is 0 Å². The first-order chi connectivity index (χ1) is 30.3. The Morgan fingerprint density at radius 3 is 2.00 bits per heavy atom. The van der Waals surface area contributed by atoms with Crippen LogP contribution in [0.1, 0.15) is 56.9 Å². The van der Waals surface area contributed by atoms with E-state index in [-0.39, 0.29) is 48.5 Å². The van der Waals surface area contributed by atoms with E-state index in [1.807, 2.05) is 103 Å². The van der Waals surface area contributed by atoms with Crippen molar-refractivity contribution in [3.05, 3.63) is 215 Å². The standard InChI is InChI=1S/C54H41NO7/c56-46-29-39(62-32-33-13-5-1-6-14-33)25-26-41(46)49-40-27-28-42-48(53(61)55(52(42)60)38-23-21-36(22-24-38)50(58)35-17-9-3-10-18-35)44(40)30-45-51(59)43(34-15-7-2-8-16-34)31-47(57)54(45,49)37-19-11-4-12-20-37/h1-27,29,31,42,44-45,48-49,56H,28,30,32H2. The highest BCUT2D eigenvalue weighted by Gasteiger charge is 2.66. The first-order valence-corrected chi connectivity index (χ1v) is 20.9. The molecule has 4 aliphatic rings. The Bertz CT molecular complexity index is 2820. The van der Waals surface area contributed by atoms with Gasteiger partial charge >= 0.3 is 0 Å². The topological polar surface area (TPSA) is 118 Å². The predicted molar refractivity (Wildman–Crippen MR) is 234 cm³/mol. The molecule has 2 fully saturated rings. The summed E-state index contributed by atoms with van der Waals surface area (Å²) in [5.41, 5.74) is 3.45. The molecule has 2 amide bonds. The van der Waals surface area contributed by atoms with Crippen LogP contribution < -0.4 is 9.64 Å². The fourth-order valence-corrected chi connectivity index (χ4v) is 10.6. The van der Waals surface area contributed by atoms with Crippen molar-refractivity contribution in [2.45, 2.75) is 30.8 Å². The Balaban J connectivity index is 1.09. The number of phenols is 1. The maximum Gasteiger partial charge on any atom is 0.238 e. The molecule has 0 spiro atoms. The smallest absolute Gasteiger partial charge is 0.238 e. The zero-order valence-electron chi connectivity index (χ0n) is 33.6. The van der Waals surface area contributed by atoms with E-state index in [9.17, 15) is 19.5 Å². The van der Waals surface area contributed by atoms with E-state index in [0.29, 0.717) is 44.8 Å². The third-order valence-electron chi connectivity index (χ3n) is 13.4. The molecule has 1 heterocycles. The van der Waals surface area contributed by atoms with Gasteiger partial charge in [0.05, 0.1) is 22.9 Å². The summed E-state index contributed by atoms with van der Waals surface area (Å²) >= 11 is 0. The molecule has 1 N–H and O–H groups in total. The second-order valence-corrected chi connectivity index (χ2v) is 16.5. The maximum atomic E-state index is 15.4. The molecular formula is C54H41NO7. The van der Waals surface area contributed by atoms with Crippen molar-refractivity contribution in [1.82, 2.24) is 0 Å². The highest BCUT2D eigenvalue weighted by atomic mass is 16.5. The number of carbonyl (C=O) groups excluding carboxylic acids is 5. The number of allylic oxidation sites excluding steroid dienone is 4. The fourth-order valence-electron chi connectivity index (χ4n) is 10.6. The van der Waals surface area contributed by atoms with Crippen LogP contribution in [-0.2, 0) is 31.2 Å². The van der Waals surface area contributed by atoms with Crippen molar-refractivity contribution in [2.24, 2.45) is 23.7 Å². The second-order valence-electron chi connectivity index (χ2n) is 16.5. The molecular weight excluding hydrogens is 775 g/mol. The number of rotatable bonds is 9. The molecule has 3 aliphatic carbocycles. The molecule has 6 unspecified atom stereocenters. The first kappa shape index (κ1) is 38.7. The number of fused-ring (bicyclic) bond motifs is 4. The number of carbonyl (C=O) groups is 5. The molecule has 0 aromatic heterocycles. The molecule has 8 heteroatoms. The average molecular weight is 816 g/mol. The monoisotopic (exact) mass is 815 g/mol. The summed E-state index contributed by atoms with van der Waals surface area (Å²) in [5, 5.41) is 12.1. The molecule has 1 saturated heterocycles. The zero-order chi connectivity index (χ0) is 42.5. The maximum absolute atomic E-state index is 15.4. The van der Waals surface area contributed by atoms with Crippen LogP contribution in [0.5, 0.6) is 11.5 Å². The normalized spacial score (nSPS) is 24.1. The summed E-state index contributed by atoms with van der Waals surface area (Å²) in [7, 11) is 0. The van der Waals surface area contributed by atoms with Crippen molar-refractivity contribution in [2.75, 3.05) is 4.90 Å². The minimum atomic E-state index is -1.50. The van der Waals surface area contributed by atoms with Gasteiger partial charge in [-0.3, -0.25) is 28.9 Å². The predicted octanol–water partition coefficient (Wildman–Crippen LogP) is 9.23. The number of hydrogen-bond donors (Lipinski definition) is 1. The molecule has 0 radical (unpaired) electrons. The molecule has 1 aliphatic heterocycles. The van der Waals surface area contributed by atoms with Crippen LogP contribution in [0, 0.1) is 23.7 Å². The molecule has 10 rings (SSSR count). The number of hydrogen-bond acceptors (Lipinski definition) is 7. The van der Waals surface area contributed by atoms with Gasteiger partial charge in [0, 0.05) is 40.2 Å². The summed E-state index contributed by atoms with van der Waals surface area (Å²) in [4.78, 5) is 74.5. The summed E-state index contributed by atoms with van der Waals surface area (Å²) in [6.07, 6.45) is 3.79. The Labute approximate surface area is 358 Å². The molecule has 6 aromatic rings. The van der Waals surface area contributed by atoms with Gasteiger partial charge in [0.2, 0.25) is 11.8 Å². The van der Waals surface area contributed by atoms with Gasteiger partial charge in [-0.1, -0.05) is 139 Å².